The van der Waals surface area contributed by atoms with Crippen molar-refractivity contribution in [2.45, 2.75) is 31.5 Å². The SMILES string of the molecule is COC(=O)CC1C[C@H](C[C@@H](O)c2ccccc2)OC1=O. The van der Waals surface area contributed by atoms with Gasteiger partial charge in [0.25, 0.3) is 0 Å². The second kappa shape index (κ2) is 6.52. The minimum Gasteiger partial charge on any atom is -0.469 e. The Bertz CT molecular complexity index is 470. The van der Waals surface area contributed by atoms with Crippen molar-refractivity contribution in [2.24, 2.45) is 5.92 Å². The van der Waals surface area contributed by atoms with Gasteiger partial charge in [-0.3, -0.25) is 9.59 Å². The Kier molecular flexibility index (Phi) is 4.74. The number of esters is 2. The van der Waals surface area contributed by atoms with Crippen LogP contribution in [0.2, 0.25) is 0 Å². The zero-order chi connectivity index (χ0) is 14.5. The van der Waals surface area contributed by atoms with Crippen LogP contribution in [-0.2, 0) is 19.1 Å². The molecule has 1 heterocycles. The maximum atomic E-state index is 11.6. The molecule has 3 atom stereocenters. The quantitative estimate of drug-likeness (QED) is 0.828. The summed E-state index contributed by atoms with van der Waals surface area (Å²) in [5.74, 6) is -1.27. The van der Waals surface area contributed by atoms with Crippen LogP contribution in [0.25, 0.3) is 0 Å². The summed E-state index contributed by atoms with van der Waals surface area (Å²) in [6.07, 6.45) is -0.211. The van der Waals surface area contributed by atoms with Gasteiger partial charge in [-0.15, -0.1) is 0 Å². The van der Waals surface area contributed by atoms with Crippen molar-refractivity contribution in [3.63, 3.8) is 0 Å². The van der Waals surface area contributed by atoms with Crippen LogP contribution in [0.4, 0.5) is 0 Å². The van der Waals surface area contributed by atoms with E-state index in [0.717, 1.165) is 5.56 Å². The molecule has 1 N–H and O–H groups in total. The second-order valence-corrected chi connectivity index (χ2v) is 4.93. The predicted molar refractivity (Wildman–Crippen MR) is 70.6 cm³/mol. The van der Waals surface area contributed by atoms with Gasteiger partial charge < -0.3 is 14.6 Å². The lowest BCUT2D eigenvalue weighted by atomic mass is 9.96. The highest BCUT2D eigenvalue weighted by Crippen LogP contribution is 2.30. The third kappa shape index (κ3) is 3.57. The Morgan fingerprint density at radius 1 is 1.45 bits per heavy atom. The monoisotopic (exact) mass is 278 g/mol. The zero-order valence-corrected chi connectivity index (χ0v) is 11.3. The van der Waals surface area contributed by atoms with E-state index in [9.17, 15) is 14.7 Å². The van der Waals surface area contributed by atoms with Gasteiger partial charge in [0, 0.05) is 6.42 Å². The van der Waals surface area contributed by atoms with Gasteiger partial charge in [0.2, 0.25) is 0 Å². The molecule has 0 radical (unpaired) electrons. The van der Waals surface area contributed by atoms with Gasteiger partial charge in [0.05, 0.1) is 25.6 Å². The number of ether oxygens (including phenoxy) is 2. The Morgan fingerprint density at radius 3 is 2.80 bits per heavy atom. The number of carbonyl (C=O) groups is 2. The van der Waals surface area contributed by atoms with Crippen LogP contribution in [0.1, 0.15) is 30.9 Å². The van der Waals surface area contributed by atoms with Gasteiger partial charge in [0.15, 0.2) is 0 Å². The van der Waals surface area contributed by atoms with Crippen LogP contribution in [-0.4, -0.2) is 30.3 Å². The highest BCUT2D eigenvalue weighted by Gasteiger charge is 2.37. The zero-order valence-electron chi connectivity index (χ0n) is 11.3. The van der Waals surface area contributed by atoms with E-state index in [1.807, 2.05) is 30.3 Å². The van der Waals surface area contributed by atoms with E-state index in [4.69, 9.17) is 4.74 Å². The summed E-state index contributed by atoms with van der Waals surface area (Å²) in [4.78, 5) is 22.8. The van der Waals surface area contributed by atoms with Crippen molar-refractivity contribution in [1.29, 1.82) is 0 Å². The fourth-order valence-corrected chi connectivity index (χ4v) is 2.38. The molecule has 0 spiro atoms. The molecule has 2 rings (SSSR count). The third-order valence-corrected chi connectivity index (χ3v) is 3.47. The summed E-state index contributed by atoms with van der Waals surface area (Å²) in [6.45, 7) is 0. The normalized spacial score (nSPS) is 23.2. The average molecular weight is 278 g/mol. The number of methoxy groups -OCH3 is 1. The first kappa shape index (κ1) is 14.5. The molecule has 0 aromatic heterocycles. The number of hydrogen-bond acceptors (Lipinski definition) is 5. The maximum Gasteiger partial charge on any atom is 0.309 e. The highest BCUT2D eigenvalue weighted by molar-refractivity contribution is 5.81. The number of aliphatic hydroxyl groups is 1. The second-order valence-electron chi connectivity index (χ2n) is 4.93. The molecule has 1 fully saturated rings. The number of rotatable bonds is 5. The van der Waals surface area contributed by atoms with Gasteiger partial charge in [-0.1, -0.05) is 30.3 Å². The molecule has 1 aromatic carbocycles. The molecule has 1 aromatic rings. The van der Waals surface area contributed by atoms with Crippen molar-refractivity contribution >= 4 is 11.9 Å². The molecular weight excluding hydrogens is 260 g/mol. The van der Waals surface area contributed by atoms with E-state index in [-0.39, 0.29) is 18.5 Å². The van der Waals surface area contributed by atoms with E-state index in [0.29, 0.717) is 12.8 Å². The minimum absolute atomic E-state index is 0.0350. The van der Waals surface area contributed by atoms with Crippen LogP contribution in [0.15, 0.2) is 30.3 Å². The molecule has 0 bridgehead atoms. The lowest BCUT2D eigenvalue weighted by Crippen LogP contribution is -2.14. The van der Waals surface area contributed by atoms with Crippen LogP contribution in [0.5, 0.6) is 0 Å². The summed E-state index contributed by atoms with van der Waals surface area (Å²) in [7, 11) is 1.29. The fraction of sp³-hybridized carbons (Fsp3) is 0.467. The molecule has 1 saturated heterocycles. The van der Waals surface area contributed by atoms with Gasteiger partial charge in [-0.2, -0.15) is 0 Å². The third-order valence-electron chi connectivity index (χ3n) is 3.47. The van der Waals surface area contributed by atoms with E-state index < -0.39 is 18.0 Å². The van der Waals surface area contributed by atoms with Crippen LogP contribution in [0.3, 0.4) is 0 Å². The molecule has 0 amide bonds. The topological polar surface area (TPSA) is 72.8 Å². The molecule has 20 heavy (non-hydrogen) atoms. The number of cyclic esters (lactones) is 1. The summed E-state index contributed by atoms with van der Waals surface area (Å²) < 4.78 is 9.75. The lowest BCUT2D eigenvalue weighted by Gasteiger charge is -2.15. The standard InChI is InChI=1S/C15H18O5/c1-19-14(17)8-11-7-12(20-15(11)18)9-13(16)10-5-3-2-4-6-10/h2-6,11-13,16H,7-9H2,1H3/t11?,12-,13-/m1/s1. The first-order valence-electron chi connectivity index (χ1n) is 6.60. The van der Waals surface area contributed by atoms with Crippen molar-refractivity contribution in [3.8, 4) is 0 Å². The van der Waals surface area contributed by atoms with E-state index in [1.165, 1.54) is 7.11 Å². The fourth-order valence-electron chi connectivity index (χ4n) is 2.38. The van der Waals surface area contributed by atoms with Crippen molar-refractivity contribution < 1.29 is 24.2 Å². The molecule has 0 saturated carbocycles. The van der Waals surface area contributed by atoms with Crippen molar-refractivity contribution in [1.82, 2.24) is 0 Å². The summed E-state index contributed by atoms with van der Waals surface area (Å²) in [5.41, 5.74) is 0.792. The smallest absolute Gasteiger partial charge is 0.309 e. The number of hydrogen-bond donors (Lipinski definition) is 1. The van der Waals surface area contributed by atoms with E-state index in [2.05, 4.69) is 4.74 Å². The van der Waals surface area contributed by atoms with Crippen molar-refractivity contribution in [2.75, 3.05) is 7.11 Å². The highest BCUT2D eigenvalue weighted by atomic mass is 16.6. The number of benzene rings is 1. The van der Waals surface area contributed by atoms with E-state index in [1.54, 1.807) is 0 Å². The first-order chi connectivity index (χ1) is 9.60. The van der Waals surface area contributed by atoms with Gasteiger partial charge in [-0.05, 0) is 12.0 Å². The Hall–Kier alpha value is -1.88. The molecular formula is C15H18O5. The molecule has 1 unspecified atom stereocenters. The Balaban J connectivity index is 1.89. The molecule has 0 aliphatic carbocycles. The van der Waals surface area contributed by atoms with Gasteiger partial charge >= 0.3 is 11.9 Å². The van der Waals surface area contributed by atoms with Gasteiger partial charge in [0.1, 0.15) is 6.10 Å². The summed E-state index contributed by atoms with van der Waals surface area (Å²) in [5, 5.41) is 10.1. The Labute approximate surface area is 117 Å². The summed E-state index contributed by atoms with van der Waals surface area (Å²) >= 11 is 0. The van der Waals surface area contributed by atoms with Gasteiger partial charge in [-0.25, -0.2) is 0 Å². The van der Waals surface area contributed by atoms with Crippen LogP contribution < -0.4 is 0 Å². The minimum atomic E-state index is -0.675. The van der Waals surface area contributed by atoms with Crippen LogP contribution >= 0.6 is 0 Å². The summed E-state index contributed by atoms with van der Waals surface area (Å²) in [6, 6.07) is 9.22. The Morgan fingerprint density at radius 2 is 2.15 bits per heavy atom. The molecule has 108 valence electrons. The molecule has 5 nitrogen and oxygen atoms in total. The number of carbonyl (C=O) groups excluding carboxylic acids is 2. The maximum absolute atomic E-state index is 11.6. The van der Waals surface area contributed by atoms with Crippen LogP contribution in [0, 0.1) is 5.92 Å². The first-order valence-corrected chi connectivity index (χ1v) is 6.60. The number of aliphatic hydroxyl groups excluding tert-OH is 1. The molecule has 5 heteroatoms. The van der Waals surface area contributed by atoms with Crippen molar-refractivity contribution in [3.05, 3.63) is 35.9 Å². The van der Waals surface area contributed by atoms with E-state index >= 15 is 0 Å². The average Bonchev–Trinajstić information content (AvgIpc) is 2.79. The lowest BCUT2D eigenvalue weighted by molar-refractivity contribution is -0.150. The predicted octanol–water partition coefficient (Wildman–Crippen LogP) is 1.60. The molecule has 1 aliphatic heterocycles. The largest absolute Gasteiger partial charge is 0.469 e. The molecule has 1 aliphatic rings.